The second-order valence-corrected chi connectivity index (χ2v) is 5.92. The van der Waals surface area contributed by atoms with Gasteiger partial charge in [0.05, 0.1) is 0 Å². The van der Waals surface area contributed by atoms with Crippen LogP contribution in [0.4, 0.5) is 0 Å². The summed E-state index contributed by atoms with van der Waals surface area (Å²) in [4.78, 5) is 1.61. The predicted octanol–water partition coefficient (Wildman–Crippen LogP) is -0.966. The summed E-state index contributed by atoms with van der Waals surface area (Å²) in [7, 11) is -1.66. The minimum Gasteiger partial charge on any atom is -0.309 e. The smallest absolute Gasteiger partial charge is 0.282 e. The minimum atomic E-state index is -3.25. The molecule has 84 valence electrons. The molecule has 0 saturated carbocycles. The van der Waals surface area contributed by atoms with E-state index in [0.717, 1.165) is 6.42 Å². The largest absolute Gasteiger partial charge is 0.309 e. The third kappa shape index (κ3) is 1.69. The van der Waals surface area contributed by atoms with Gasteiger partial charge in [0.2, 0.25) is 0 Å². The number of likely N-dealkylation sites (N-methyl/N-ethyl adjacent to an activating group) is 1. The highest BCUT2D eigenvalue weighted by atomic mass is 32.2. The molecule has 2 fully saturated rings. The van der Waals surface area contributed by atoms with Crippen molar-refractivity contribution < 1.29 is 8.42 Å². The molecule has 0 spiro atoms. The molecule has 2 saturated heterocycles. The van der Waals surface area contributed by atoms with E-state index in [0.29, 0.717) is 26.2 Å². The van der Waals surface area contributed by atoms with E-state index in [4.69, 9.17) is 5.26 Å². The van der Waals surface area contributed by atoms with Crippen molar-refractivity contribution in [2.45, 2.75) is 12.5 Å². The number of nitrogens with zero attached hydrogens (tertiary/aromatic N) is 4. The van der Waals surface area contributed by atoms with Crippen molar-refractivity contribution in [2.75, 3.05) is 33.2 Å². The van der Waals surface area contributed by atoms with Crippen molar-refractivity contribution in [2.24, 2.45) is 0 Å². The van der Waals surface area contributed by atoms with Crippen molar-refractivity contribution in [3.8, 4) is 6.19 Å². The molecule has 0 aromatic rings. The molecule has 0 N–H and O–H groups in total. The van der Waals surface area contributed by atoms with Gasteiger partial charge in [-0.3, -0.25) is 0 Å². The Morgan fingerprint density at radius 1 is 1.33 bits per heavy atom. The van der Waals surface area contributed by atoms with Gasteiger partial charge in [-0.2, -0.15) is 22.3 Å². The minimum absolute atomic E-state index is 0.0281. The van der Waals surface area contributed by atoms with E-state index in [9.17, 15) is 8.42 Å². The van der Waals surface area contributed by atoms with Crippen LogP contribution < -0.4 is 0 Å². The first-order valence-electron chi connectivity index (χ1n) is 4.93. The maximum atomic E-state index is 11.8. The van der Waals surface area contributed by atoms with E-state index in [1.165, 1.54) is 8.61 Å². The third-order valence-electron chi connectivity index (χ3n) is 3.04. The molecule has 7 heteroatoms. The number of likely N-dealkylation sites (tertiary alicyclic amines) is 1. The van der Waals surface area contributed by atoms with Gasteiger partial charge in [-0.05, 0) is 6.42 Å². The fourth-order valence-corrected chi connectivity index (χ4v) is 3.62. The van der Waals surface area contributed by atoms with Gasteiger partial charge in [0.25, 0.3) is 10.2 Å². The number of nitriles is 1. The lowest BCUT2D eigenvalue weighted by Crippen LogP contribution is -2.40. The van der Waals surface area contributed by atoms with Gasteiger partial charge in [-0.25, -0.2) is 0 Å². The van der Waals surface area contributed by atoms with Crippen molar-refractivity contribution in [3.63, 3.8) is 0 Å². The molecule has 0 aliphatic carbocycles. The van der Waals surface area contributed by atoms with Crippen LogP contribution >= 0.6 is 0 Å². The summed E-state index contributed by atoms with van der Waals surface area (Å²) in [6.07, 6.45) is 2.80. The quantitative estimate of drug-likeness (QED) is 0.544. The Bertz CT molecular complexity index is 388. The van der Waals surface area contributed by atoms with Crippen molar-refractivity contribution in [3.05, 3.63) is 0 Å². The normalized spacial score (nSPS) is 32.0. The Morgan fingerprint density at radius 2 is 2.07 bits per heavy atom. The monoisotopic (exact) mass is 230 g/mol. The van der Waals surface area contributed by atoms with Crippen LogP contribution in [-0.2, 0) is 10.2 Å². The lowest BCUT2D eigenvalue weighted by molar-refractivity contribution is 0.345. The Hall–Kier alpha value is -0.840. The molecular weight excluding hydrogens is 216 g/mol. The third-order valence-corrected chi connectivity index (χ3v) is 5.08. The van der Waals surface area contributed by atoms with E-state index < -0.39 is 10.2 Å². The van der Waals surface area contributed by atoms with Crippen LogP contribution in [0.25, 0.3) is 0 Å². The number of hydrogen-bond donors (Lipinski definition) is 0. The zero-order valence-electron chi connectivity index (χ0n) is 8.63. The maximum absolute atomic E-state index is 11.8. The number of rotatable bonds is 1. The van der Waals surface area contributed by atoms with Crippen LogP contribution in [0.15, 0.2) is 0 Å². The fourth-order valence-electron chi connectivity index (χ4n) is 2.09. The summed E-state index contributed by atoms with van der Waals surface area (Å²) in [6, 6.07) is -0.0281. The van der Waals surface area contributed by atoms with Crippen LogP contribution in [0.2, 0.25) is 0 Å². The molecule has 2 aliphatic rings. The molecule has 0 bridgehead atoms. The zero-order chi connectivity index (χ0) is 11.1. The van der Waals surface area contributed by atoms with Crippen LogP contribution in [0.3, 0.4) is 0 Å². The van der Waals surface area contributed by atoms with Crippen LogP contribution in [-0.4, -0.2) is 61.2 Å². The van der Waals surface area contributed by atoms with E-state index in [1.807, 2.05) is 0 Å². The SMILES string of the molecule is CN1CCN([C@@H]2CCN(C#N)C2)S1(=O)=O. The molecule has 1 atom stereocenters. The highest BCUT2D eigenvalue weighted by Crippen LogP contribution is 2.23. The zero-order valence-corrected chi connectivity index (χ0v) is 9.44. The first kappa shape index (κ1) is 10.7. The molecule has 0 radical (unpaired) electrons. The molecule has 0 aromatic carbocycles. The molecule has 0 amide bonds. The highest BCUT2D eigenvalue weighted by Gasteiger charge is 2.41. The molecule has 0 unspecified atom stereocenters. The van der Waals surface area contributed by atoms with Crippen LogP contribution in [0, 0.1) is 11.5 Å². The van der Waals surface area contributed by atoms with Crippen LogP contribution in [0.1, 0.15) is 6.42 Å². The molecule has 15 heavy (non-hydrogen) atoms. The predicted molar refractivity (Wildman–Crippen MR) is 53.8 cm³/mol. The van der Waals surface area contributed by atoms with Gasteiger partial charge in [-0.15, -0.1) is 0 Å². The topological polar surface area (TPSA) is 67.7 Å². The average Bonchev–Trinajstić information content (AvgIpc) is 2.74. The summed E-state index contributed by atoms with van der Waals surface area (Å²) in [5.74, 6) is 0. The first-order chi connectivity index (χ1) is 7.05. The summed E-state index contributed by atoms with van der Waals surface area (Å²) >= 11 is 0. The van der Waals surface area contributed by atoms with Crippen LogP contribution in [0.5, 0.6) is 0 Å². The van der Waals surface area contributed by atoms with Gasteiger partial charge in [0.15, 0.2) is 6.19 Å². The van der Waals surface area contributed by atoms with Gasteiger partial charge in [-0.1, -0.05) is 0 Å². The standard InChI is InChI=1S/C8H14N4O2S/c1-10-4-5-12(15(10,13)14)8-2-3-11(6-8)7-9/h8H,2-6H2,1H3/t8-/m1/s1. The maximum Gasteiger partial charge on any atom is 0.282 e. The Labute approximate surface area is 89.9 Å². The molecule has 2 heterocycles. The van der Waals surface area contributed by atoms with Gasteiger partial charge >= 0.3 is 0 Å². The van der Waals surface area contributed by atoms with E-state index in [-0.39, 0.29) is 6.04 Å². The average molecular weight is 230 g/mol. The molecule has 2 rings (SSSR count). The summed E-state index contributed by atoms with van der Waals surface area (Å²) < 4.78 is 26.5. The van der Waals surface area contributed by atoms with E-state index >= 15 is 0 Å². The highest BCUT2D eigenvalue weighted by molar-refractivity contribution is 7.87. The fraction of sp³-hybridized carbons (Fsp3) is 0.875. The lowest BCUT2D eigenvalue weighted by Gasteiger charge is -2.21. The van der Waals surface area contributed by atoms with Gasteiger partial charge < -0.3 is 4.90 Å². The van der Waals surface area contributed by atoms with Crippen molar-refractivity contribution >= 4 is 10.2 Å². The lowest BCUT2D eigenvalue weighted by atomic mass is 10.2. The molecule has 2 aliphatic heterocycles. The second kappa shape index (κ2) is 3.63. The Kier molecular flexibility index (Phi) is 2.58. The Balaban J connectivity index is 2.11. The van der Waals surface area contributed by atoms with Gasteiger partial charge in [0.1, 0.15) is 0 Å². The summed E-state index contributed by atoms with van der Waals surface area (Å²) in [6.45, 7) is 2.29. The first-order valence-corrected chi connectivity index (χ1v) is 6.33. The van der Waals surface area contributed by atoms with Crippen molar-refractivity contribution in [1.29, 1.82) is 5.26 Å². The second-order valence-electron chi connectivity index (χ2n) is 3.93. The van der Waals surface area contributed by atoms with Crippen molar-refractivity contribution in [1.82, 2.24) is 13.5 Å². The summed E-state index contributed by atoms with van der Waals surface area (Å²) in [5.41, 5.74) is 0. The van der Waals surface area contributed by atoms with E-state index in [1.54, 1.807) is 11.9 Å². The number of hydrogen-bond acceptors (Lipinski definition) is 4. The summed E-state index contributed by atoms with van der Waals surface area (Å²) in [5, 5.41) is 8.71. The molecular formula is C8H14N4O2S. The van der Waals surface area contributed by atoms with Gasteiger partial charge in [0, 0.05) is 39.3 Å². The molecule has 6 nitrogen and oxygen atoms in total. The molecule has 0 aromatic heterocycles. The Morgan fingerprint density at radius 3 is 2.53 bits per heavy atom. The van der Waals surface area contributed by atoms with E-state index in [2.05, 4.69) is 6.19 Å².